The number of hydrogen-bond donors (Lipinski definition) is 3. The van der Waals surface area contributed by atoms with Crippen molar-refractivity contribution in [1.82, 2.24) is 15.3 Å². The number of thiophene rings is 1. The van der Waals surface area contributed by atoms with Crippen molar-refractivity contribution in [2.75, 3.05) is 5.32 Å². The van der Waals surface area contributed by atoms with E-state index in [-0.39, 0.29) is 5.91 Å². The zero-order valence-electron chi connectivity index (χ0n) is 17.5. The van der Waals surface area contributed by atoms with Crippen LogP contribution in [0.5, 0.6) is 0 Å². The molecule has 0 fully saturated rings. The molecule has 6 nitrogen and oxygen atoms in total. The number of nitrogens with zero attached hydrogens (tertiary/aromatic N) is 2. The van der Waals surface area contributed by atoms with Crippen molar-refractivity contribution in [2.45, 2.75) is 19.6 Å². The molecule has 0 aliphatic carbocycles. The van der Waals surface area contributed by atoms with Gasteiger partial charge < -0.3 is 15.7 Å². The zero-order chi connectivity index (χ0) is 23.4. The lowest BCUT2D eigenvalue weighted by Gasteiger charge is -2.09. The number of nitrogens with one attached hydrogen (secondary N) is 2. The molecule has 4 rings (SSSR count). The van der Waals surface area contributed by atoms with Crippen LogP contribution in [0.15, 0.2) is 66.9 Å². The van der Waals surface area contributed by atoms with Crippen LogP contribution in [0.4, 0.5) is 11.6 Å². The molecule has 1 unspecified atom stereocenters. The molecule has 9 heteroatoms. The highest BCUT2D eigenvalue weighted by molar-refractivity contribution is 7.17. The van der Waals surface area contributed by atoms with E-state index in [1.54, 1.807) is 43.5 Å². The van der Waals surface area contributed by atoms with Gasteiger partial charge in [-0.05, 0) is 66.6 Å². The first-order valence-electron chi connectivity index (χ1n) is 10.1. The minimum absolute atomic E-state index is 0.190. The molecule has 2 aromatic carbocycles. The lowest BCUT2D eigenvalue weighted by atomic mass is 10.1. The molecule has 0 aliphatic heterocycles. The van der Waals surface area contributed by atoms with Gasteiger partial charge in [0, 0.05) is 28.5 Å². The highest BCUT2D eigenvalue weighted by atomic mass is 35.5. The molecule has 0 bridgehead atoms. The Morgan fingerprint density at radius 1 is 1.09 bits per heavy atom. The molecule has 1 amide bonds. The van der Waals surface area contributed by atoms with E-state index in [1.165, 1.54) is 11.3 Å². The maximum absolute atomic E-state index is 12.6. The average Bonchev–Trinajstić information content (AvgIpc) is 3.28. The number of carbonyl (C=O) groups excluding carboxylic acids is 1. The summed E-state index contributed by atoms with van der Waals surface area (Å²) in [6, 6.07) is 18.0. The summed E-state index contributed by atoms with van der Waals surface area (Å²) < 4.78 is 0. The van der Waals surface area contributed by atoms with Gasteiger partial charge >= 0.3 is 0 Å². The second kappa shape index (κ2) is 10.3. The molecule has 0 radical (unpaired) electrons. The van der Waals surface area contributed by atoms with Crippen LogP contribution in [0, 0.1) is 0 Å². The van der Waals surface area contributed by atoms with Gasteiger partial charge in [-0.15, -0.1) is 11.3 Å². The Morgan fingerprint density at radius 3 is 2.64 bits per heavy atom. The largest absolute Gasteiger partial charge is 0.389 e. The fourth-order valence-corrected chi connectivity index (χ4v) is 4.61. The van der Waals surface area contributed by atoms with E-state index >= 15 is 0 Å². The molecule has 0 saturated carbocycles. The number of amides is 1. The number of carbonyl (C=O) groups is 1. The standard InChI is InChI=1S/C24H20Cl2N4O2S/c1-14(31)16-3-2-4-19(11-16)29-24-27-8-7-20(30-24)21-5-6-22(33-21)23(32)28-13-15-9-17(25)12-18(26)10-15/h2-12,14,31H,13H2,1H3,(H,28,32)(H,27,29,30). The van der Waals surface area contributed by atoms with Crippen molar-refractivity contribution in [2.24, 2.45) is 0 Å². The van der Waals surface area contributed by atoms with Gasteiger partial charge in [-0.25, -0.2) is 9.97 Å². The minimum atomic E-state index is -0.564. The van der Waals surface area contributed by atoms with Crippen molar-refractivity contribution in [3.05, 3.63) is 92.9 Å². The van der Waals surface area contributed by atoms with E-state index < -0.39 is 6.10 Å². The van der Waals surface area contributed by atoms with E-state index in [0.717, 1.165) is 21.7 Å². The third kappa shape index (κ3) is 6.09. The number of aliphatic hydroxyl groups is 1. The molecule has 4 aromatic rings. The van der Waals surface area contributed by atoms with Gasteiger partial charge in [-0.1, -0.05) is 35.3 Å². The second-order valence-corrected chi connectivity index (χ2v) is 9.27. The SMILES string of the molecule is CC(O)c1cccc(Nc2nccc(-c3ccc(C(=O)NCc4cc(Cl)cc(Cl)c4)s3)n2)c1. The van der Waals surface area contributed by atoms with Gasteiger partial charge in [-0.2, -0.15) is 0 Å². The van der Waals surface area contributed by atoms with Gasteiger partial charge in [-0.3, -0.25) is 4.79 Å². The van der Waals surface area contributed by atoms with E-state index in [0.29, 0.717) is 33.1 Å². The average molecular weight is 499 g/mol. The Hall–Kier alpha value is -2.97. The number of hydrogen-bond acceptors (Lipinski definition) is 6. The minimum Gasteiger partial charge on any atom is -0.389 e. The molecule has 168 valence electrons. The zero-order valence-corrected chi connectivity index (χ0v) is 19.9. The van der Waals surface area contributed by atoms with E-state index in [4.69, 9.17) is 23.2 Å². The highest BCUT2D eigenvalue weighted by Crippen LogP contribution is 2.28. The fourth-order valence-electron chi connectivity index (χ4n) is 3.14. The molecular formula is C24H20Cl2N4O2S. The fraction of sp³-hybridized carbons (Fsp3) is 0.125. The molecular weight excluding hydrogens is 479 g/mol. The summed E-state index contributed by atoms with van der Waals surface area (Å²) in [5, 5.41) is 16.9. The Bertz CT molecular complexity index is 1270. The van der Waals surface area contributed by atoms with Crippen molar-refractivity contribution < 1.29 is 9.90 Å². The molecule has 33 heavy (non-hydrogen) atoms. The number of benzene rings is 2. The van der Waals surface area contributed by atoms with Crippen LogP contribution < -0.4 is 10.6 Å². The number of halogens is 2. The first-order valence-corrected chi connectivity index (χ1v) is 11.7. The summed E-state index contributed by atoms with van der Waals surface area (Å²) in [4.78, 5) is 22.8. The van der Waals surface area contributed by atoms with Crippen LogP contribution >= 0.6 is 34.5 Å². The van der Waals surface area contributed by atoms with Gasteiger partial charge in [0.25, 0.3) is 5.91 Å². The van der Waals surface area contributed by atoms with Crippen LogP contribution in [0.2, 0.25) is 10.0 Å². The molecule has 2 heterocycles. The van der Waals surface area contributed by atoms with Crippen LogP contribution in [0.25, 0.3) is 10.6 Å². The number of aliphatic hydroxyl groups excluding tert-OH is 1. The lowest BCUT2D eigenvalue weighted by Crippen LogP contribution is -2.21. The van der Waals surface area contributed by atoms with E-state index in [2.05, 4.69) is 20.6 Å². The molecule has 0 aliphatic rings. The third-order valence-electron chi connectivity index (χ3n) is 4.74. The predicted octanol–water partition coefficient (Wildman–Crippen LogP) is 6.24. The second-order valence-electron chi connectivity index (χ2n) is 7.32. The van der Waals surface area contributed by atoms with E-state index in [1.807, 2.05) is 30.3 Å². The first kappa shape index (κ1) is 23.2. The predicted molar refractivity (Wildman–Crippen MR) is 133 cm³/mol. The van der Waals surface area contributed by atoms with Crippen LogP contribution in [0.3, 0.4) is 0 Å². The molecule has 0 spiro atoms. The topological polar surface area (TPSA) is 87.1 Å². The lowest BCUT2D eigenvalue weighted by molar-refractivity contribution is 0.0955. The van der Waals surface area contributed by atoms with Gasteiger partial charge in [0.05, 0.1) is 21.6 Å². The molecule has 0 saturated heterocycles. The monoisotopic (exact) mass is 498 g/mol. The van der Waals surface area contributed by atoms with Crippen molar-refractivity contribution in [3.8, 4) is 10.6 Å². The number of aromatic nitrogens is 2. The summed E-state index contributed by atoms with van der Waals surface area (Å²) in [5.41, 5.74) is 3.09. The summed E-state index contributed by atoms with van der Waals surface area (Å²) in [5.74, 6) is 0.233. The summed E-state index contributed by atoms with van der Waals surface area (Å²) in [7, 11) is 0. The Kier molecular flexibility index (Phi) is 7.25. The Labute approximate surface area is 205 Å². The van der Waals surface area contributed by atoms with Crippen LogP contribution in [-0.4, -0.2) is 21.0 Å². The maximum Gasteiger partial charge on any atom is 0.261 e. The van der Waals surface area contributed by atoms with Crippen LogP contribution in [0.1, 0.15) is 33.8 Å². The number of anilines is 2. The summed E-state index contributed by atoms with van der Waals surface area (Å²) in [6.07, 6.45) is 1.09. The molecule has 2 aromatic heterocycles. The maximum atomic E-state index is 12.6. The first-order chi connectivity index (χ1) is 15.9. The number of rotatable bonds is 7. The smallest absolute Gasteiger partial charge is 0.261 e. The third-order valence-corrected chi connectivity index (χ3v) is 6.28. The quantitative estimate of drug-likeness (QED) is 0.280. The summed E-state index contributed by atoms with van der Waals surface area (Å²) in [6.45, 7) is 2.03. The van der Waals surface area contributed by atoms with Crippen LogP contribution in [-0.2, 0) is 6.54 Å². The normalized spacial score (nSPS) is 11.8. The van der Waals surface area contributed by atoms with Crippen molar-refractivity contribution >= 4 is 52.1 Å². The van der Waals surface area contributed by atoms with E-state index in [9.17, 15) is 9.90 Å². The molecule has 1 atom stereocenters. The highest BCUT2D eigenvalue weighted by Gasteiger charge is 2.12. The molecule has 3 N–H and O–H groups in total. The van der Waals surface area contributed by atoms with Gasteiger partial charge in [0.1, 0.15) is 0 Å². The Morgan fingerprint density at radius 2 is 1.88 bits per heavy atom. The van der Waals surface area contributed by atoms with Crippen molar-refractivity contribution in [1.29, 1.82) is 0 Å². The van der Waals surface area contributed by atoms with Crippen molar-refractivity contribution in [3.63, 3.8) is 0 Å². The summed E-state index contributed by atoms with van der Waals surface area (Å²) >= 11 is 13.4. The van der Waals surface area contributed by atoms with Gasteiger partial charge in [0.2, 0.25) is 5.95 Å². The van der Waals surface area contributed by atoms with Gasteiger partial charge in [0.15, 0.2) is 0 Å². The Balaban J connectivity index is 1.44.